The minimum Gasteiger partial charge on any atom is -0.288 e. The largest absolute Gasteiger partial charge is 0.288 e. The van der Waals surface area contributed by atoms with Crippen LogP contribution in [-0.2, 0) is 10.0 Å². The van der Waals surface area contributed by atoms with Gasteiger partial charge in [-0.2, -0.15) is 0 Å². The number of carbonyl (C=O) groups is 1. The van der Waals surface area contributed by atoms with Crippen molar-refractivity contribution in [2.24, 2.45) is 0 Å². The van der Waals surface area contributed by atoms with Gasteiger partial charge in [-0.15, -0.1) is 0 Å². The van der Waals surface area contributed by atoms with Gasteiger partial charge in [-0.3, -0.25) is 14.5 Å². The lowest BCUT2D eigenvalue weighted by molar-refractivity contribution is 0.103. The smallest absolute Gasteiger partial charge is 0.261 e. The van der Waals surface area contributed by atoms with E-state index in [-0.39, 0.29) is 16.4 Å². The van der Waals surface area contributed by atoms with Gasteiger partial charge in [0.1, 0.15) is 0 Å². The molecule has 0 bridgehead atoms. The number of sulfonamides is 1. The Morgan fingerprint density at radius 3 is 2.18 bits per heavy atom. The lowest BCUT2D eigenvalue weighted by atomic mass is 9.97. The molecular weight excluding hydrogens is 372 g/mol. The third-order valence-electron chi connectivity index (χ3n) is 4.71. The van der Waals surface area contributed by atoms with Gasteiger partial charge >= 0.3 is 0 Å². The van der Waals surface area contributed by atoms with Crippen LogP contribution in [0.1, 0.15) is 38.3 Å². The van der Waals surface area contributed by atoms with Crippen LogP contribution in [-0.4, -0.2) is 19.2 Å². The van der Waals surface area contributed by atoms with E-state index in [0.717, 1.165) is 16.7 Å². The number of nitrogens with one attached hydrogen (secondary N) is 1. The predicted octanol–water partition coefficient (Wildman–Crippen LogP) is 4.35. The van der Waals surface area contributed by atoms with Gasteiger partial charge in [-0.25, -0.2) is 8.42 Å². The minimum atomic E-state index is -3.83. The van der Waals surface area contributed by atoms with Crippen LogP contribution in [0.25, 0.3) is 0 Å². The number of pyridine rings is 1. The lowest BCUT2D eigenvalue weighted by Crippen LogP contribution is -2.17. The van der Waals surface area contributed by atoms with Crippen molar-refractivity contribution in [1.29, 1.82) is 0 Å². The quantitative estimate of drug-likeness (QED) is 0.653. The fraction of sp³-hybridized carbons (Fsp3) is 0.182. The predicted molar refractivity (Wildman–Crippen MR) is 110 cm³/mol. The minimum absolute atomic E-state index is 0.146. The molecule has 3 rings (SSSR count). The van der Waals surface area contributed by atoms with Gasteiger partial charge in [0.25, 0.3) is 10.0 Å². The number of rotatable bonds is 5. The molecule has 0 radical (unpaired) electrons. The van der Waals surface area contributed by atoms with Crippen molar-refractivity contribution in [1.82, 2.24) is 4.98 Å². The maximum atomic E-state index is 13.1. The molecule has 1 heterocycles. The van der Waals surface area contributed by atoms with Crippen molar-refractivity contribution < 1.29 is 13.2 Å². The molecule has 2 aromatic carbocycles. The first-order valence-corrected chi connectivity index (χ1v) is 10.3. The molecule has 0 atom stereocenters. The molecule has 1 aromatic heterocycles. The summed E-state index contributed by atoms with van der Waals surface area (Å²) in [7, 11) is -3.83. The summed E-state index contributed by atoms with van der Waals surface area (Å²) in [5.74, 6) is -0.268. The van der Waals surface area contributed by atoms with E-state index in [1.54, 1.807) is 61.7 Å². The van der Waals surface area contributed by atoms with Crippen molar-refractivity contribution in [3.8, 4) is 0 Å². The Hall–Kier alpha value is -2.99. The first-order valence-electron chi connectivity index (χ1n) is 8.86. The number of anilines is 1. The molecular formula is C22H22N2O3S. The van der Waals surface area contributed by atoms with Crippen molar-refractivity contribution in [2.75, 3.05) is 4.72 Å². The molecule has 144 valence electrons. The summed E-state index contributed by atoms with van der Waals surface area (Å²) in [4.78, 5) is 17.5. The number of hydrogen-bond acceptors (Lipinski definition) is 4. The highest BCUT2D eigenvalue weighted by Gasteiger charge is 2.21. The maximum absolute atomic E-state index is 13.1. The second kappa shape index (κ2) is 7.56. The lowest BCUT2D eigenvalue weighted by Gasteiger charge is -2.15. The molecule has 28 heavy (non-hydrogen) atoms. The Bertz CT molecular complexity index is 1150. The number of carbonyl (C=O) groups excluding carboxylic acids is 1. The molecule has 0 aliphatic carbocycles. The zero-order chi connectivity index (χ0) is 20.5. The zero-order valence-electron chi connectivity index (χ0n) is 16.3. The third kappa shape index (κ3) is 3.97. The highest BCUT2D eigenvalue weighted by molar-refractivity contribution is 7.92. The molecule has 0 aliphatic rings. The normalized spacial score (nSPS) is 11.3. The Morgan fingerprint density at radius 1 is 0.893 bits per heavy atom. The Morgan fingerprint density at radius 2 is 1.54 bits per heavy atom. The van der Waals surface area contributed by atoms with E-state index in [2.05, 4.69) is 9.71 Å². The van der Waals surface area contributed by atoms with Gasteiger partial charge in [0, 0.05) is 23.0 Å². The van der Waals surface area contributed by atoms with Crippen molar-refractivity contribution in [2.45, 2.75) is 32.6 Å². The van der Waals surface area contributed by atoms with E-state index in [1.165, 1.54) is 0 Å². The monoisotopic (exact) mass is 394 g/mol. The number of ketones is 1. The number of aromatic nitrogens is 1. The Kier molecular flexibility index (Phi) is 5.34. The van der Waals surface area contributed by atoms with E-state index in [0.29, 0.717) is 16.8 Å². The van der Waals surface area contributed by atoms with Gasteiger partial charge in [0.2, 0.25) is 0 Å². The average molecular weight is 394 g/mol. The van der Waals surface area contributed by atoms with E-state index in [1.807, 2.05) is 20.8 Å². The van der Waals surface area contributed by atoms with Crippen LogP contribution in [0, 0.1) is 27.7 Å². The van der Waals surface area contributed by atoms with Crippen molar-refractivity contribution in [3.63, 3.8) is 0 Å². The highest BCUT2D eigenvalue weighted by atomic mass is 32.2. The molecule has 0 saturated carbocycles. The van der Waals surface area contributed by atoms with E-state index >= 15 is 0 Å². The number of nitrogens with zero attached hydrogens (tertiary/aromatic N) is 1. The Balaban J connectivity index is 2.08. The van der Waals surface area contributed by atoms with Crippen LogP contribution in [0.2, 0.25) is 0 Å². The van der Waals surface area contributed by atoms with Crippen LogP contribution in [0.15, 0.2) is 59.6 Å². The summed E-state index contributed by atoms with van der Waals surface area (Å²) >= 11 is 0. The molecule has 6 heteroatoms. The van der Waals surface area contributed by atoms with Gasteiger partial charge in [0.05, 0.1) is 10.6 Å². The van der Waals surface area contributed by atoms with Crippen LogP contribution < -0.4 is 4.72 Å². The van der Waals surface area contributed by atoms with E-state index in [9.17, 15) is 13.2 Å². The van der Waals surface area contributed by atoms with Crippen LogP contribution in [0.4, 0.5) is 5.69 Å². The summed E-state index contributed by atoms with van der Waals surface area (Å²) in [6.07, 6.45) is 1.62. The van der Waals surface area contributed by atoms with Gasteiger partial charge in [-0.1, -0.05) is 17.7 Å². The summed E-state index contributed by atoms with van der Waals surface area (Å²) in [6.45, 7) is 7.41. The third-order valence-corrected chi connectivity index (χ3v) is 6.09. The van der Waals surface area contributed by atoms with Gasteiger partial charge < -0.3 is 0 Å². The first-order chi connectivity index (χ1) is 13.2. The molecule has 0 aliphatic heterocycles. The summed E-state index contributed by atoms with van der Waals surface area (Å²) < 4.78 is 28.3. The molecule has 0 amide bonds. The number of aryl methyl sites for hydroxylation is 4. The summed E-state index contributed by atoms with van der Waals surface area (Å²) in [5, 5.41) is 0. The molecule has 0 saturated heterocycles. The standard InChI is InChI=1S/C22H22N2O3S/c1-14-7-9-18(10-8-14)28(26,27)24-21-13-16(3)15(2)12-20(21)22(25)19-6-5-11-23-17(19)4/h5-13,24H,1-4H3. The SMILES string of the molecule is Cc1ccc(S(=O)(=O)Nc2cc(C)c(C)cc2C(=O)c2cccnc2C)cc1. The fourth-order valence-corrected chi connectivity index (χ4v) is 3.95. The van der Waals surface area contributed by atoms with Crippen LogP contribution >= 0.6 is 0 Å². The summed E-state index contributed by atoms with van der Waals surface area (Å²) in [6, 6.07) is 13.4. The molecule has 0 fully saturated rings. The molecule has 0 unspecified atom stereocenters. The van der Waals surface area contributed by atoms with Gasteiger partial charge in [0.15, 0.2) is 5.78 Å². The average Bonchev–Trinajstić information content (AvgIpc) is 2.64. The van der Waals surface area contributed by atoms with Crippen molar-refractivity contribution >= 4 is 21.5 Å². The molecule has 3 aromatic rings. The fourth-order valence-electron chi connectivity index (χ4n) is 2.88. The second-order valence-corrected chi connectivity index (χ2v) is 8.55. The number of hydrogen-bond donors (Lipinski definition) is 1. The Labute approximate surface area is 165 Å². The topological polar surface area (TPSA) is 76.1 Å². The van der Waals surface area contributed by atoms with Crippen LogP contribution in [0.5, 0.6) is 0 Å². The van der Waals surface area contributed by atoms with Crippen LogP contribution in [0.3, 0.4) is 0 Å². The second-order valence-electron chi connectivity index (χ2n) is 6.87. The van der Waals surface area contributed by atoms with Crippen molar-refractivity contribution in [3.05, 3.63) is 88.2 Å². The van der Waals surface area contributed by atoms with E-state index in [4.69, 9.17) is 0 Å². The molecule has 5 nitrogen and oxygen atoms in total. The zero-order valence-corrected chi connectivity index (χ0v) is 17.1. The maximum Gasteiger partial charge on any atom is 0.261 e. The summed E-state index contributed by atoms with van der Waals surface area (Å²) in [5.41, 5.74) is 4.36. The highest BCUT2D eigenvalue weighted by Crippen LogP contribution is 2.27. The number of benzene rings is 2. The van der Waals surface area contributed by atoms with E-state index < -0.39 is 10.0 Å². The van der Waals surface area contributed by atoms with Gasteiger partial charge in [-0.05, 0) is 75.2 Å². The first kappa shape index (κ1) is 19.8. The molecule has 0 spiro atoms. The molecule has 1 N–H and O–H groups in total.